The van der Waals surface area contributed by atoms with E-state index in [2.05, 4.69) is 5.32 Å². The van der Waals surface area contributed by atoms with Crippen LogP contribution in [0.3, 0.4) is 0 Å². The molecule has 24 heavy (non-hydrogen) atoms. The number of carbonyl (C=O) groups excluding carboxylic acids is 1. The highest BCUT2D eigenvalue weighted by Crippen LogP contribution is 2.26. The predicted octanol–water partition coefficient (Wildman–Crippen LogP) is 2.97. The van der Waals surface area contributed by atoms with Gasteiger partial charge in [0.2, 0.25) is 0 Å². The third-order valence-corrected chi connectivity index (χ3v) is 3.66. The van der Waals surface area contributed by atoms with E-state index < -0.39 is 18.1 Å². The molecule has 2 rings (SSSR count). The molecule has 0 heterocycles. The summed E-state index contributed by atoms with van der Waals surface area (Å²) in [5, 5.41) is 21.5. The molecule has 0 aliphatic rings. The number of aromatic hydroxyl groups is 1. The second-order valence-corrected chi connectivity index (χ2v) is 5.45. The molecule has 1 atom stereocenters. The van der Waals surface area contributed by atoms with Crippen molar-refractivity contribution in [1.82, 2.24) is 5.32 Å². The first kappa shape index (κ1) is 17.6. The van der Waals surface area contributed by atoms with E-state index >= 15 is 0 Å². The van der Waals surface area contributed by atoms with Gasteiger partial charge in [0.25, 0.3) is 0 Å². The van der Waals surface area contributed by atoms with Crippen LogP contribution in [-0.2, 0) is 22.6 Å². The topological polar surface area (TPSA) is 95.9 Å². The summed E-state index contributed by atoms with van der Waals surface area (Å²) in [6.45, 7) is 0.0242. The second kappa shape index (κ2) is 8.21. The number of alkyl carbamates (subject to hydrolysis) is 1. The van der Waals surface area contributed by atoms with Gasteiger partial charge in [-0.25, -0.2) is 9.59 Å². The molecular formula is C17H16ClNO5. The molecule has 6 nitrogen and oxygen atoms in total. The lowest BCUT2D eigenvalue weighted by Crippen LogP contribution is -2.42. The highest BCUT2D eigenvalue weighted by molar-refractivity contribution is 6.31. The van der Waals surface area contributed by atoms with Crippen LogP contribution in [0.4, 0.5) is 4.79 Å². The number of halogens is 1. The average Bonchev–Trinajstić information content (AvgIpc) is 2.56. The number of carbonyl (C=O) groups is 2. The number of rotatable bonds is 6. The summed E-state index contributed by atoms with van der Waals surface area (Å²) in [6, 6.07) is 12.2. The van der Waals surface area contributed by atoms with Gasteiger partial charge >= 0.3 is 12.1 Å². The van der Waals surface area contributed by atoms with Crippen LogP contribution >= 0.6 is 11.6 Å². The standard InChI is InChI=1S/C17H16ClNO5/c18-13-7-4-8-15(20)12(13)9-14(16(21)22)19-17(23)24-10-11-5-2-1-3-6-11/h1-8,14,20H,9-10H2,(H,19,23)(H,21,22). The van der Waals surface area contributed by atoms with Gasteiger partial charge in [0, 0.05) is 17.0 Å². The van der Waals surface area contributed by atoms with E-state index in [-0.39, 0.29) is 29.4 Å². The monoisotopic (exact) mass is 349 g/mol. The molecule has 126 valence electrons. The lowest BCUT2D eigenvalue weighted by atomic mass is 10.0. The van der Waals surface area contributed by atoms with E-state index in [9.17, 15) is 19.8 Å². The number of carboxylic acids is 1. The number of amides is 1. The third-order valence-electron chi connectivity index (χ3n) is 3.31. The Morgan fingerprint density at radius 3 is 2.46 bits per heavy atom. The summed E-state index contributed by atoms with van der Waals surface area (Å²) >= 11 is 5.96. The number of phenols is 1. The summed E-state index contributed by atoms with van der Waals surface area (Å²) in [5.41, 5.74) is 1.03. The van der Waals surface area contributed by atoms with Crippen molar-refractivity contribution in [3.05, 3.63) is 64.7 Å². The van der Waals surface area contributed by atoms with Gasteiger partial charge in [0.1, 0.15) is 18.4 Å². The SMILES string of the molecule is O=C(NC(Cc1c(O)cccc1Cl)C(=O)O)OCc1ccccc1. The van der Waals surface area contributed by atoms with Crippen molar-refractivity contribution in [3.63, 3.8) is 0 Å². The molecule has 7 heteroatoms. The van der Waals surface area contributed by atoms with Crippen molar-refractivity contribution in [1.29, 1.82) is 0 Å². The molecule has 0 aromatic heterocycles. The summed E-state index contributed by atoms with van der Waals surface area (Å²) in [4.78, 5) is 23.1. The number of benzene rings is 2. The summed E-state index contributed by atoms with van der Waals surface area (Å²) < 4.78 is 5.00. The van der Waals surface area contributed by atoms with Crippen LogP contribution in [0.1, 0.15) is 11.1 Å². The van der Waals surface area contributed by atoms with Crippen molar-refractivity contribution >= 4 is 23.7 Å². The smallest absolute Gasteiger partial charge is 0.408 e. The summed E-state index contributed by atoms with van der Waals surface area (Å²) in [7, 11) is 0. The number of aliphatic carboxylic acids is 1. The Labute approximate surface area is 143 Å². The van der Waals surface area contributed by atoms with Crippen LogP contribution in [0.5, 0.6) is 5.75 Å². The first-order chi connectivity index (χ1) is 11.5. The third kappa shape index (κ3) is 4.89. The molecule has 2 aromatic rings. The first-order valence-electron chi connectivity index (χ1n) is 7.13. The van der Waals surface area contributed by atoms with Crippen LogP contribution in [0, 0.1) is 0 Å². The minimum atomic E-state index is -1.28. The number of hydrogen-bond donors (Lipinski definition) is 3. The number of nitrogens with one attached hydrogen (secondary N) is 1. The molecule has 0 aliphatic carbocycles. The van der Waals surface area contributed by atoms with Crippen molar-refractivity contribution in [2.75, 3.05) is 0 Å². The Hall–Kier alpha value is -2.73. The van der Waals surface area contributed by atoms with Crippen LogP contribution in [0.2, 0.25) is 5.02 Å². The van der Waals surface area contributed by atoms with Crippen molar-refractivity contribution in [3.8, 4) is 5.75 Å². The zero-order valence-corrected chi connectivity index (χ0v) is 13.4. The fourth-order valence-corrected chi connectivity index (χ4v) is 2.31. The van der Waals surface area contributed by atoms with Crippen LogP contribution in [-0.4, -0.2) is 28.3 Å². The van der Waals surface area contributed by atoms with Crippen LogP contribution in [0.15, 0.2) is 48.5 Å². The van der Waals surface area contributed by atoms with E-state index in [4.69, 9.17) is 16.3 Å². The van der Waals surface area contributed by atoms with Gasteiger partial charge in [-0.15, -0.1) is 0 Å². The number of phenolic OH excluding ortho intramolecular Hbond substituents is 1. The molecule has 1 amide bonds. The Morgan fingerprint density at radius 2 is 1.83 bits per heavy atom. The molecule has 0 bridgehead atoms. The van der Waals surface area contributed by atoms with Gasteiger partial charge in [-0.2, -0.15) is 0 Å². The van der Waals surface area contributed by atoms with Crippen molar-refractivity contribution in [2.45, 2.75) is 19.1 Å². The maximum atomic E-state index is 11.8. The predicted molar refractivity (Wildman–Crippen MR) is 88.0 cm³/mol. The van der Waals surface area contributed by atoms with E-state index in [1.54, 1.807) is 30.3 Å². The lowest BCUT2D eigenvalue weighted by molar-refractivity contribution is -0.139. The van der Waals surface area contributed by atoms with Crippen LogP contribution < -0.4 is 5.32 Å². The molecule has 0 saturated heterocycles. The number of hydrogen-bond acceptors (Lipinski definition) is 4. The van der Waals surface area contributed by atoms with E-state index in [1.807, 2.05) is 6.07 Å². The van der Waals surface area contributed by atoms with Crippen molar-refractivity contribution in [2.24, 2.45) is 0 Å². The Balaban J connectivity index is 1.98. The van der Waals surface area contributed by atoms with Gasteiger partial charge in [-0.3, -0.25) is 0 Å². The van der Waals surface area contributed by atoms with E-state index in [0.29, 0.717) is 0 Å². The molecule has 2 aromatic carbocycles. The van der Waals surface area contributed by atoms with Gasteiger partial charge in [0.15, 0.2) is 0 Å². The molecule has 0 spiro atoms. The maximum Gasteiger partial charge on any atom is 0.408 e. The summed E-state index contributed by atoms with van der Waals surface area (Å²) in [5.74, 6) is -1.39. The van der Waals surface area contributed by atoms with E-state index in [0.717, 1.165) is 5.56 Å². The highest BCUT2D eigenvalue weighted by atomic mass is 35.5. The molecule has 3 N–H and O–H groups in total. The summed E-state index contributed by atoms with van der Waals surface area (Å²) in [6.07, 6.45) is -1.03. The quantitative estimate of drug-likeness (QED) is 0.745. The highest BCUT2D eigenvalue weighted by Gasteiger charge is 2.23. The Morgan fingerprint density at radius 1 is 1.12 bits per heavy atom. The van der Waals surface area contributed by atoms with Gasteiger partial charge in [-0.05, 0) is 17.7 Å². The maximum absolute atomic E-state index is 11.8. The molecule has 0 fully saturated rings. The van der Waals surface area contributed by atoms with Crippen molar-refractivity contribution < 1.29 is 24.5 Å². The minimum Gasteiger partial charge on any atom is -0.508 e. The number of ether oxygens (including phenoxy) is 1. The zero-order valence-electron chi connectivity index (χ0n) is 12.6. The fraction of sp³-hybridized carbons (Fsp3) is 0.176. The van der Waals surface area contributed by atoms with Gasteiger partial charge < -0.3 is 20.3 Å². The molecule has 0 saturated carbocycles. The number of carboxylic acid groups (broad SMARTS) is 1. The Kier molecular flexibility index (Phi) is 6.03. The molecule has 0 radical (unpaired) electrons. The normalized spacial score (nSPS) is 11.5. The Bertz CT molecular complexity index is 700. The average molecular weight is 350 g/mol. The van der Waals surface area contributed by atoms with Crippen LogP contribution in [0.25, 0.3) is 0 Å². The zero-order chi connectivity index (χ0) is 17.5. The molecule has 0 aliphatic heterocycles. The first-order valence-corrected chi connectivity index (χ1v) is 7.51. The lowest BCUT2D eigenvalue weighted by Gasteiger charge is -2.16. The van der Waals surface area contributed by atoms with Gasteiger partial charge in [0.05, 0.1) is 0 Å². The fourth-order valence-electron chi connectivity index (χ4n) is 2.06. The minimum absolute atomic E-state index is 0.0242. The molecule has 1 unspecified atom stereocenters. The second-order valence-electron chi connectivity index (χ2n) is 5.04. The van der Waals surface area contributed by atoms with E-state index in [1.165, 1.54) is 12.1 Å². The largest absolute Gasteiger partial charge is 0.508 e. The van der Waals surface area contributed by atoms with Gasteiger partial charge in [-0.1, -0.05) is 48.0 Å². The molecular weight excluding hydrogens is 334 g/mol.